The van der Waals surface area contributed by atoms with Gasteiger partial charge in [-0.05, 0) is 26.0 Å². The van der Waals surface area contributed by atoms with Gasteiger partial charge in [0.05, 0.1) is 11.8 Å². The average molecular weight is 282 g/mol. The highest BCUT2D eigenvalue weighted by atomic mass is 32.1. The number of carbonyl (C=O) groups excluding carboxylic acids is 1. The van der Waals surface area contributed by atoms with E-state index in [4.69, 9.17) is 27.4 Å². The topological polar surface area (TPSA) is 73.6 Å². The number of thiocarbonyl (C=S) groups is 1. The Bertz CT molecular complexity index is 449. The van der Waals surface area contributed by atoms with Gasteiger partial charge in [-0.15, -0.1) is 0 Å². The number of nitrogens with one attached hydrogen (secondary N) is 1. The van der Waals surface area contributed by atoms with E-state index in [0.29, 0.717) is 11.4 Å². The van der Waals surface area contributed by atoms with Gasteiger partial charge in [0.2, 0.25) is 5.91 Å². The maximum Gasteiger partial charge on any atom is 0.250 e. The van der Waals surface area contributed by atoms with Gasteiger partial charge in [-0.1, -0.05) is 24.4 Å². The van der Waals surface area contributed by atoms with Gasteiger partial charge in [-0.25, -0.2) is 0 Å². The minimum absolute atomic E-state index is 0.00129. The molecular weight excluding hydrogens is 264 g/mol. The molecular formula is C13H18N2O3S. The van der Waals surface area contributed by atoms with E-state index in [1.54, 1.807) is 24.3 Å². The van der Waals surface area contributed by atoms with Crippen molar-refractivity contribution in [2.75, 3.05) is 18.5 Å². The number of rotatable bonds is 7. The average Bonchev–Trinajstić information content (AvgIpc) is 2.35. The Labute approximate surface area is 118 Å². The van der Waals surface area contributed by atoms with Crippen molar-refractivity contribution in [1.29, 1.82) is 0 Å². The lowest BCUT2D eigenvalue weighted by Crippen LogP contribution is -2.22. The number of para-hydroxylation sites is 2. The maximum absolute atomic E-state index is 11.7. The first kappa shape index (κ1) is 15.4. The van der Waals surface area contributed by atoms with Gasteiger partial charge in [0.15, 0.2) is 0 Å². The Morgan fingerprint density at radius 1 is 1.37 bits per heavy atom. The molecule has 1 amide bonds. The van der Waals surface area contributed by atoms with Crippen molar-refractivity contribution in [3.8, 4) is 5.75 Å². The Hall–Kier alpha value is -1.66. The third-order valence-corrected chi connectivity index (χ3v) is 2.20. The molecule has 1 aromatic rings. The van der Waals surface area contributed by atoms with E-state index < -0.39 is 0 Å². The summed E-state index contributed by atoms with van der Waals surface area (Å²) in [5.41, 5.74) is 5.94. The molecule has 0 spiro atoms. The predicted molar refractivity (Wildman–Crippen MR) is 78.4 cm³/mol. The van der Waals surface area contributed by atoms with Crippen LogP contribution in [0.5, 0.6) is 5.75 Å². The lowest BCUT2D eigenvalue weighted by atomic mass is 10.3. The Morgan fingerprint density at radius 3 is 2.68 bits per heavy atom. The summed E-state index contributed by atoms with van der Waals surface area (Å²) in [7, 11) is 0. The van der Waals surface area contributed by atoms with Gasteiger partial charge in [-0.3, -0.25) is 4.79 Å². The molecule has 0 radical (unpaired) electrons. The normalized spacial score (nSPS) is 10.3. The molecule has 6 heteroatoms. The van der Waals surface area contributed by atoms with Crippen LogP contribution in [0, 0.1) is 0 Å². The Morgan fingerprint density at radius 2 is 2.05 bits per heavy atom. The van der Waals surface area contributed by atoms with E-state index >= 15 is 0 Å². The summed E-state index contributed by atoms with van der Waals surface area (Å²) in [6.45, 7) is 3.87. The first-order valence-electron chi connectivity index (χ1n) is 5.90. The number of nitrogens with two attached hydrogens (primary N) is 1. The number of anilines is 1. The molecule has 0 unspecified atom stereocenters. The van der Waals surface area contributed by atoms with Gasteiger partial charge in [0.1, 0.15) is 24.0 Å². The third kappa shape index (κ3) is 6.17. The zero-order valence-electron chi connectivity index (χ0n) is 11.0. The van der Waals surface area contributed by atoms with Crippen LogP contribution < -0.4 is 15.8 Å². The van der Waals surface area contributed by atoms with Gasteiger partial charge >= 0.3 is 0 Å². The quantitative estimate of drug-likeness (QED) is 0.745. The summed E-state index contributed by atoms with van der Waals surface area (Å²) < 4.78 is 10.6. The zero-order chi connectivity index (χ0) is 14.3. The summed E-state index contributed by atoms with van der Waals surface area (Å²) in [5, 5.41) is 2.72. The van der Waals surface area contributed by atoms with Crippen LogP contribution in [-0.2, 0) is 9.53 Å². The molecule has 0 bridgehead atoms. The monoisotopic (exact) mass is 282 g/mol. The highest BCUT2D eigenvalue weighted by Gasteiger charge is 2.08. The van der Waals surface area contributed by atoms with Crippen LogP contribution >= 0.6 is 12.2 Å². The van der Waals surface area contributed by atoms with Crippen molar-refractivity contribution in [2.24, 2.45) is 5.73 Å². The van der Waals surface area contributed by atoms with E-state index in [0.717, 1.165) is 0 Å². The van der Waals surface area contributed by atoms with Crippen molar-refractivity contribution in [1.82, 2.24) is 0 Å². The van der Waals surface area contributed by atoms with E-state index in [-0.39, 0.29) is 30.2 Å². The molecule has 1 rings (SSSR count). The molecule has 104 valence electrons. The molecule has 0 aliphatic heterocycles. The summed E-state index contributed by atoms with van der Waals surface area (Å²) in [4.78, 5) is 11.9. The van der Waals surface area contributed by atoms with E-state index in [2.05, 4.69) is 5.32 Å². The largest absolute Gasteiger partial charge is 0.484 e. The summed E-state index contributed by atoms with van der Waals surface area (Å²) >= 11 is 4.74. The van der Waals surface area contributed by atoms with Crippen LogP contribution in [-0.4, -0.2) is 30.2 Å². The molecule has 0 saturated carbocycles. The molecule has 3 N–H and O–H groups in total. The first-order valence-corrected chi connectivity index (χ1v) is 6.31. The van der Waals surface area contributed by atoms with Crippen molar-refractivity contribution >= 4 is 28.8 Å². The minimum Gasteiger partial charge on any atom is -0.484 e. The van der Waals surface area contributed by atoms with Gasteiger partial charge in [0.25, 0.3) is 0 Å². The second-order valence-electron chi connectivity index (χ2n) is 4.16. The first-order chi connectivity index (χ1) is 8.99. The second kappa shape index (κ2) is 7.70. The SMILES string of the molecule is CC(C)OCC(=O)Nc1ccccc1OCC(N)=S. The highest BCUT2D eigenvalue weighted by molar-refractivity contribution is 7.80. The fourth-order valence-electron chi connectivity index (χ4n) is 1.27. The number of benzene rings is 1. The van der Waals surface area contributed by atoms with Crippen molar-refractivity contribution in [2.45, 2.75) is 20.0 Å². The second-order valence-corrected chi connectivity index (χ2v) is 4.68. The highest BCUT2D eigenvalue weighted by Crippen LogP contribution is 2.23. The Balaban J connectivity index is 2.61. The molecule has 0 fully saturated rings. The van der Waals surface area contributed by atoms with Crippen LogP contribution in [0.2, 0.25) is 0 Å². The van der Waals surface area contributed by atoms with E-state index in [1.165, 1.54) is 0 Å². The number of amides is 1. The zero-order valence-corrected chi connectivity index (χ0v) is 11.8. The fraction of sp³-hybridized carbons (Fsp3) is 0.385. The van der Waals surface area contributed by atoms with Crippen LogP contribution in [0.25, 0.3) is 0 Å². The molecule has 0 aliphatic rings. The lowest BCUT2D eigenvalue weighted by molar-refractivity contribution is -0.121. The molecule has 0 heterocycles. The number of hydrogen-bond donors (Lipinski definition) is 2. The summed E-state index contributed by atoms with van der Waals surface area (Å²) in [6.07, 6.45) is 0.00635. The molecule has 0 saturated heterocycles. The molecule has 5 nitrogen and oxygen atoms in total. The number of hydrogen-bond acceptors (Lipinski definition) is 4. The van der Waals surface area contributed by atoms with Crippen LogP contribution in [0.4, 0.5) is 5.69 Å². The molecule has 0 atom stereocenters. The molecule has 0 aromatic heterocycles. The van der Waals surface area contributed by atoms with Crippen molar-refractivity contribution in [3.63, 3.8) is 0 Å². The van der Waals surface area contributed by atoms with E-state index in [9.17, 15) is 4.79 Å². The molecule has 0 aliphatic carbocycles. The smallest absolute Gasteiger partial charge is 0.250 e. The van der Waals surface area contributed by atoms with Crippen molar-refractivity contribution in [3.05, 3.63) is 24.3 Å². The van der Waals surface area contributed by atoms with Crippen LogP contribution in [0.15, 0.2) is 24.3 Å². The molecule has 1 aromatic carbocycles. The Kier molecular flexibility index (Phi) is 6.24. The van der Waals surface area contributed by atoms with Crippen LogP contribution in [0.1, 0.15) is 13.8 Å². The third-order valence-electron chi connectivity index (χ3n) is 2.08. The van der Waals surface area contributed by atoms with Gasteiger partial charge in [-0.2, -0.15) is 0 Å². The lowest BCUT2D eigenvalue weighted by Gasteiger charge is -2.12. The van der Waals surface area contributed by atoms with Crippen LogP contribution in [0.3, 0.4) is 0 Å². The van der Waals surface area contributed by atoms with E-state index in [1.807, 2.05) is 13.8 Å². The van der Waals surface area contributed by atoms with Gasteiger partial charge < -0.3 is 20.5 Å². The maximum atomic E-state index is 11.7. The summed E-state index contributed by atoms with van der Waals surface area (Å²) in [5.74, 6) is 0.285. The number of carbonyl (C=O) groups is 1. The number of ether oxygens (including phenoxy) is 2. The fourth-order valence-corrected chi connectivity index (χ4v) is 1.33. The van der Waals surface area contributed by atoms with Crippen molar-refractivity contribution < 1.29 is 14.3 Å². The van der Waals surface area contributed by atoms with Gasteiger partial charge in [0, 0.05) is 0 Å². The molecule has 19 heavy (non-hydrogen) atoms. The minimum atomic E-state index is -0.236. The predicted octanol–water partition coefficient (Wildman–Crippen LogP) is 1.72. The summed E-state index contributed by atoms with van der Waals surface area (Å²) in [6, 6.07) is 7.07. The standard InChI is InChI=1S/C13H18N2O3S/c1-9(2)17-8-13(16)15-10-5-3-4-6-11(10)18-7-12(14)19/h3-6,9H,7-8H2,1-2H3,(H2,14,19)(H,15,16).